The van der Waals surface area contributed by atoms with E-state index >= 15 is 0 Å². The standard InChI is InChI=1S/C19H18N4/c1(5-14-11-20-13-21-12-14)2-10-22-19-16-8-3-6-15-7-4-9-17(23-19)18(15)16/h3-4,6-9,11-13H,1-2,5,10H2,(H,22,23). The first-order valence-electron chi connectivity index (χ1n) is 7.99. The average Bonchev–Trinajstić information content (AvgIpc) is 2.96. The fourth-order valence-electron chi connectivity index (χ4n) is 3.05. The fraction of sp³-hybridized carbons (Fsp3) is 0.211. The van der Waals surface area contributed by atoms with Crippen molar-refractivity contribution in [2.45, 2.75) is 19.3 Å². The summed E-state index contributed by atoms with van der Waals surface area (Å²) in [6, 6.07) is 12.7. The maximum Gasteiger partial charge on any atom is 0.133 e. The van der Waals surface area contributed by atoms with Crippen LogP contribution in [0.5, 0.6) is 0 Å². The number of nitrogens with one attached hydrogen (secondary N) is 1. The molecule has 0 unspecified atom stereocenters. The van der Waals surface area contributed by atoms with E-state index in [1.165, 1.54) is 27.6 Å². The number of aryl methyl sites for hydroxylation is 1. The minimum atomic E-state index is 0.834. The SMILES string of the molecule is c1cc2c3c(cccc3c1)C(=NCCCCc1cncnc1)N2. The Morgan fingerprint density at radius 2 is 1.78 bits per heavy atom. The molecule has 1 aliphatic heterocycles. The van der Waals surface area contributed by atoms with E-state index in [-0.39, 0.29) is 0 Å². The van der Waals surface area contributed by atoms with Gasteiger partial charge in [0, 0.05) is 35.6 Å². The van der Waals surface area contributed by atoms with E-state index in [2.05, 4.69) is 51.7 Å². The topological polar surface area (TPSA) is 50.2 Å². The van der Waals surface area contributed by atoms with Gasteiger partial charge in [-0.2, -0.15) is 0 Å². The maximum atomic E-state index is 4.77. The minimum absolute atomic E-state index is 0.834. The Morgan fingerprint density at radius 1 is 0.957 bits per heavy atom. The van der Waals surface area contributed by atoms with E-state index in [4.69, 9.17) is 4.99 Å². The largest absolute Gasteiger partial charge is 0.339 e. The number of unbranched alkanes of at least 4 members (excludes halogenated alkanes) is 1. The molecule has 114 valence electrons. The van der Waals surface area contributed by atoms with Crippen LogP contribution in [0, 0.1) is 0 Å². The van der Waals surface area contributed by atoms with Gasteiger partial charge >= 0.3 is 0 Å². The summed E-state index contributed by atoms with van der Waals surface area (Å²) in [5, 5.41) is 6.00. The summed E-state index contributed by atoms with van der Waals surface area (Å²) in [6.07, 6.45) is 8.51. The average molecular weight is 302 g/mol. The Balaban J connectivity index is 1.40. The molecule has 0 saturated carbocycles. The van der Waals surface area contributed by atoms with E-state index in [9.17, 15) is 0 Å². The third-order valence-corrected chi connectivity index (χ3v) is 4.17. The van der Waals surface area contributed by atoms with Crippen molar-refractivity contribution in [3.63, 3.8) is 0 Å². The summed E-state index contributed by atoms with van der Waals surface area (Å²) in [5.74, 6) is 1.000. The number of benzene rings is 2. The molecule has 0 atom stereocenters. The van der Waals surface area contributed by atoms with Crippen LogP contribution >= 0.6 is 0 Å². The molecule has 0 saturated heterocycles. The summed E-state index contributed by atoms with van der Waals surface area (Å²) in [6.45, 7) is 0.834. The van der Waals surface area contributed by atoms with Crippen LogP contribution in [0.1, 0.15) is 24.0 Å². The van der Waals surface area contributed by atoms with Gasteiger partial charge in [0.25, 0.3) is 0 Å². The van der Waals surface area contributed by atoms with Gasteiger partial charge in [0.05, 0.1) is 0 Å². The number of rotatable bonds is 5. The van der Waals surface area contributed by atoms with Crippen LogP contribution in [-0.4, -0.2) is 22.3 Å². The second kappa shape index (κ2) is 6.16. The molecule has 3 aromatic rings. The van der Waals surface area contributed by atoms with Gasteiger partial charge in [-0.25, -0.2) is 9.97 Å². The summed E-state index contributed by atoms with van der Waals surface area (Å²) in [5.41, 5.74) is 3.57. The number of amidine groups is 1. The zero-order chi connectivity index (χ0) is 15.5. The zero-order valence-corrected chi connectivity index (χ0v) is 12.9. The Labute approximate surface area is 135 Å². The molecule has 2 heterocycles. The molecule has 1 N–H and O–H groups in total. The molecule has 0 radical (unpaired) electrons. The van der Waals surface area contributed by atoms with E-state index < -0.39 is 0 Å². The minimum Gasteiger partial charge on any atom is -0.339 e. The molecular formula is C19H18N4. The van der Waals surface area contributed by atoms with Gasteiger partial charge in [-0.05, 0) is 36.3 Å². The summed E-state index contributed by atoms with van der Waals surface area (Å²) >= 11 is 0. The number of hydrogen-bond donors (Lipinski definition) is 1. The van der Waals surface area contributed by atoms with Crippen LogP contribution in [0.15, 0.2) is 60.1 Å². The summed E-state index contributed by atoms with van der Waals surface area (Å²) in [4.78, 5) is 12.9. The van der Waals surface area contributed by atoms with Gasteiger partial charge in [0.15, 0.2) is 0 Å². The Bertz CT molecular complexity index is 850. The predicted octanol–water partition coefficient (Wildman–Crippen LogP) is 3.82. The van der Waals surface area contributed by atoms with Crippen molar-refractivity contribution in [3.05, 3.63) is 66.2 Å². The number of anilines is 1. The molecule has 0 amide bonds. The van der Waals surface area contributed by atoms with E-state index in [0.717, 1.165) is 31.6 Å². The molecule has 2 aromatic carbocycles. The number of nitrogens with zero attached hydrogens (tertiary/aromatic N) is 3. The zero-order valence-electron chi connectivity index (χ0n) is 12.9. The lowest BCUT2D eigenvalue weighted by Gasteiger charge is -2.02. The molecular weight excluding hydrogens is 284 g/mol. The van der Waals surface area contributed by atoms with Crippen molar-refractivity contribution in [2.75, 3.05) is 11.9 Å². The van der Waals surface area contributed by atoms with Crippen molar-refractivity contribution in [3.8, 4) is 0 Å². The Morgan fingerprint density at radius 3 is 2.65 bits per heavy atom. The smallest absolute Gasteiger partial charge is 0.133 e. The lowest BCUT2D eigenvalue weighted by Crippen LogP contribution is -2.08. The summed E-state index contributed by atoms with van der Waals surface area (Å²) in [7, 11) is 0. The molecule has 0 bridgehead atoms. The normalized spacial score (nSPS) is 14.3. The third-order valence-electron chi connectivity index (χ3n) is 4.17. The van der Waals surface area contributed by atoms with Crippen LogP contribution in [0.3, 0.4) is 0 Å². The first-order valence-corrected chi connectivity index (χ1v) is 7.99. The molecule has 0 aliphatic carbocycles. The highest BCUT2D eigenvalue weighted by molar-refractivity contribution is 6.25. The van der Waals surface area contributed by atoms with Gasteiger partial charge in [0.2, 0.25) is 0 Å². The van der Waals surface area contributed by atoms with Gasteiger partial charge in [-0.1, -0.05) is 30.3 Å². The molecule has 4 heteroatoms. The highest BCUT2D eigenvalue weighted by Gasteiger charge is 2.18. The van der Waals surface area contributed by atoms with Gasteiger partial charge in [0.1, 0.15) is 12.2 Å². The number of aliphatic imine (C=N–C) groups is 1. The van der Waals surface area contributed by atoms with E-state index in [1.54, 1.807) is 6.33 Å². The summed E-state index contributed by atoms with van der Waals surface area (Å²) < 4.78 is 0. The Kier molecular flexibility index (Phi) is 3.72. The number of aromatic nitrogens is 2. The van der Waals surface area contributed by atoms with Crippen molar-refractivity contribution in [1.29, 1.82) is 0 Å². The van der Waals surface area contributed by atoms with Crippen molar-refractivity contribution in [2.24, 2.45) is 4.99 Å². The second-order valence-corrected chi connectivity index (χ2v) is 5.77. The second-order valence-electron chi connectivity index (χ2n) is 5.77. The van der Waals surface area contributed by atoms with Crippen LogP contribution < -0.4 is 5.32 Å². The first-order chi connectivity index (χ1) is 11.4. The molecule has 1 aromatic heterocycles. The lowest BCUT2D eigenvalue weighted by molar-refractivity contribution is 0.741. The van der Waals surface area contributed by atoms with E-state index in [0.29, 0.717) is 0 Å². The highest BCUT2D eigenvalue weighted by Crippen LogP contribution is 2.32. The molecule has 23 heavy (non-hydrogen) atoms. The molecule has 1 aliphatic rings. The van der Waals surface area contributed by atoms with Gasteiger partial charge in [-0.3, -0.25) is 4.99 Å². The monoisotopic (exact) mass is 302 g/mol. The molecule has 0 fully saturated rings. The first kappa shape index (κ1) is 13.9. The van der Waals surface area contributed by atoms with Crippen LogP contribution in [-0.2, 0) is 6.42 Å². The van der Waals surface area contributed by atoms with Gasteiger partial charge < -0.3 is 5.32 Å². The van der Waals surface area contributed by atoms with Crippen LogP contribution in [0.25, 0.3) is 10.8 Å². The molecule has 4 nitrogen and oxygen atoms in total. The van der Waals surface area contributed by atoms with E-state index in [1.807, 2.05) is 12.4 Å². The predicted molar refractivity (Wildman–Crippen MR) is 93.9 cm³/mol. The van der Waals surface area contributed by atoms with Crippen LogP contribution in [0.4, 0.5) is 5.69 Å². The Hall–Kier alpha value is -2.75. The van der Waals surface area contributed by atoms with Crippen molar-refractivity contribution < 1.29 is 0 Å². The lowest BCUT2D eigenvalue weighted by atomic mass is 10.1. The third kappa shape index (κ3) is 2.80. The molecule has 4 rings (SSSR count). The van der Waals surface area contributed by atoms with Crippen molar-refractivity contribution >= 4 is 22.3 Å². The number of hydrogen-bond acceptors (Lipinski definition) is 3. The van der Waals surface area contributed by atoms with Crippen LogP contribution in [0.2, 0.25) is 0 Å². The van der Waals surface area contributed by atoms with Gasteiger partial charge in [-0.15, -0.1) is 0 Å². The quantitative estimate of drug-likeness (QED) is 0.729. The van der Waals surface area contributed by atoms with Crippen molar-refractivity contribution in [1.82, 2.24) is 9.97 Å². The highest BCUT2D eigenvalue weighted by atomic mass is 15.0. The fourth-order valence-corrected chi connectivity index (χ4v) is 3.05. The molecule has 0 spiro atoms. The maximum absolute atomic E-state index is 4.77.